The van der Waals surface area contributed by atoms with Gasteiger partial charge in [-0.2, -0.15) is 0 Å². The molecule has 1 aliphatic heterocycles. The number of furan rings is 1. The Kier molecular flexibility index (Phi) is 4.95. The molecule has 28 heavy (non-hydrogen) atoms. The number of nitro groups is 1. The van der Waals surface area contributed by atoms with Gasteiger partial charge >= 0.3 is 0 Å². The lowest BCUT2D eigenvalue weighted by molar-refractivity contribution is -0.384. The Labute approximate surface area is 167 Å². The maximum atomic E-state index is 12.8. The Morgan fingerprint density at radius 1 is 1.18 bits per heavy atom. The number of benzene rings is 1. The van der Waals surface area contributed by atoms with Gasteiger partial charge in [0.25, 0.3) is 11.6 Å². The summed E-state index contributed by atoms with van der Waals surface area (Å²) in [6.07, 6.45) is 6.92. The van der Waals surface area contributed by atoms with E-state index in [1.807, 2.05) is 0 Å². The monoisotopic (exact) mass is 397 g/mol. The van der Waals surface area contributed by atoms with Crippen LogP contribution in [0.3, 0.4) is 0 Å². The zero-order chi connectivity index (χ0) is 19.7. The van der Waals surface area contributed by atoms with E-state index in [4.69, 9.17) is 16.6 Å². The van der Waals surface area contributed by atoms with Crippen LogP contribution in [-0.2, 0) is 4.79 Å². The molecule has 1 aliphatic carbocycles. The van der Waals surface area contributed by atoms with Gasteiger partial charge in [-0.15, -0.1) is 0 Å². The molecule has 1 saturated carbocycles. The third-order valence-electron chi connectivity index (χ3n) is 5.13. The van der Waals surface area contributed by atoms with E-state index in [-0.39, 0.29) is 17.6 Å². The van der Waals surface area contributed by atoms with Gasteiger partial charge in [0.05, 0.1) is 10.5 Å². The summed E-state index contributed by atoms with van der Waals surface area (Å²) in [5.41, 5.74) is 0.719. The first-order valence-corrected chi connectivity index (χ1v) is 9.65. The molecule has 0 unspecified atom stereocenters. The number of rotatable bonds is 4. The molecule has 0 bridgehead atoms. The fourth-order valence-corrected chi connectivity index (χ4v) is 4.12. The van der Waals surface area contributed by atoms with Gasteiger partial charge < -0.3 is 9.73 Å². The summed E-state index contributed by atoms with van der Waals surface area (Å²) >= 11 is 5.37. The van der Waals surface area contributed by atoms with Crippen LogP contribution in [0.25, 0.3) is 17.4 Å². The molecule has 1 N–H and O–H groups in total. The molecule has 144 valence electrons. The Morgan fingerprint density at radius 3 is 2.68 bits per heavy atom. The summed E-state index contributed by atoms with van der Waals surface area (Å²) in [6, 6.07) is 9.86. The van der Waals surface area contributed by atoms with Crippen molar-refractivity contribution < 1.29 is 14.1 Å². The maximum absolute atomic E-state index is 12.8. The van der Waals surface area contributed by atoms with Crippen LogP contribution in [0.1, 0.15) is 37.9 Å². The Balaban J connectivity index is 1.58. The predicted molar refractivity (Wildman–Crippen MR) is 108 cm³/mol. The minimum atomic E-state index is -0.446. The largest absolute Gasteiger partial charge is 0.456 e. The molecule has 8 heteroatoms. The number of carbonyl (C=O) groups is 1. The molecule has 1 amide bonds. The van der Waals surface area contributed by atoms with E-state index in [1.165, 1.54) is 12.5 Å². The number of nitrogens with one attached hydrogen (secondary N) is 1. The molecule has 2 fully saturated rings. The number of para-hydroxylation sites is 1. The lowest BCUT2D eigenvalue weighted by Gasteiger charge is -2.29. The number of carbonyl (C=O) groups excluding carboxylic acids is 1. The van der Waals surface area contributed by atoms with E-state index in [1.54, 1.807) is 41.3 Å². The van der Waals surface area contributed by atoms with Gasteiger partial charge in [-0.25, -0.2) is 0 Å². The van der Waals surface area contributed by atoms with Crippen molar-refractivity contribution >= 4 is 35.0 Å². The van der Waals surface area contributed by atoms with E-state index >= 15 is 0 Å². The number of hydrogen-bond donors (Lipinski definition) is 1. The van der Waals surface area contributed by atoms with Crippen molar-refractivity contribution in [2.45, 2.75) is 38.1 Å². The number of nitrogens with zero attached hydrogens (tertiary/aromatic N) is 2. The number of nitro benzene ring substituents is 1. The summed E-state index contributed by atoms with van der Waals surface area (Å²) in [4.78, 5) is 25.3. The first kappa shape index (κ1) is 18.4. The van der Waals surface area contributed by atoms with E-state index in [0.29, 0.717) is 27.9 Å². The Morgan fingerprint density at radius 2 is 1.93 bits per heavy atom. The third kappa shape index (κ3) is 3.43. The van der Waals surface area contributed by atoms with Crippen LogP contribution in [0.2, 0.25) is 0 Å². The summed E-state index contributed by atoms with van der Waals surface area (Å²) < 4.78 is 5.75. The second-order valence-electron chi connectivity index (χ2n) is 6.93. The molecule has 0 radical (unpaired) electrons. The van der Waals surface area contributed by atoms with Crippen LogP contribution in [0, 0.1) is 10.1 Å². The smallest absolute Gasteiger partial charge is 0.280 e. The summed E-state index contributed by atoms with van der Waals surface area (Å²) in [5.74, 6) is 0.647. The molecule has 1 aromatic heterocycles. The zero-order valence-electron chi connectivity index (χ0n) is 15.1. The fraction of sp³-hybridized carbons (Fsp3) is 0.300. The van der Waals surface area contributed by atoms with Crippen molar-refractivity contribution in [3.05, 3.63) is 58.0 Å². The van der Waals surface area contributed by atoms with Gasteiger partial charge in [-0.05, 0) is 43.3 Å². The van der Waals surface area contributed by atoms with Crippen LogP contribution in [-0.4, -0.2) is 26.9 Å². The van der Waals surface area contributed by atoms with E-state index in [0.717, 1.165) is 25.7 Å². The average Bonchev–Trinajstić information content (AvgIpc) is 3.27. The van der Waals surface area contributed by atoms with E-state index < -0.39 is 4.92 Å². The second kappa shape index (κ2) is 7.55. The second-order valence-corrected chi connectivity index (χ2v) is 7.32. The van der Waals surface area contributed by atoms with Crippen molar-refractivity contribution in [2.24, 2.45) is 0 Å². The van der Waals surface area contributed by atoms with Gasteiger partial charge in [0.15, 0.2) is 5.11 Å². The van der Waals surface area contributed by atoms with Crippen LogP contribution in [0.4, 0.5) is 5.69 Å². The molecule has 1 aromatic carbocycles. The van der Waals surface area contributed by atoms with Gasteiger partial charge in [-0.3, -0.25) is 19.8 Å². The highest BCUT2D eigenvalue weighted by Crippen LogP contribution is 2.32. The topological polar surface area (TPSA) is 88.6 Å². The van der Waals surface area contributed by atoms with Gasteiger partial charge in [0, 0.05) is 18.2 Å². The van der Waals surface area contributed by atoms with Crippen molar-refractivity contribution in [3.8, 4) is 11.3 Å². The quantitative estimate of drug-likeness (QED) is 0.359. The molecule has 7 nitrogen and oxygen atoms in total. The minimum Gasteiger partial charge on any atom is -0.456 e. The van der Waals surface area contributed by atoms with Crippen molar-refractivity contribution in [1.82, 2.24) is 10.2 Å². The summed E-state index contributed by atoms with van der Waals surface area (Å²) in [6.45, 7) is 0. The molecule has 2 aromatic rings. The van der Waals surface area contributed by atoms with E-state index in [9.17, 15) is 14.9 Å². The summed E-state index contributed by atoms with van der Waals surface area (Å²) in [7, 11) is 0. The maximum Gasteiger partial charge on any atom is 0.280 e. The third-order valence-corrected chi connectivity index (χ3v) is 5.43. The molecule has 2 aliphatic rings. The zero-order valence-corrected chi connectivity index (χ0v) is 15.9. The average molecular weight is 397 g/mol. The van der Waals surface area contributed by atoms with Crippen LogP contribution < -0.4 is 5.32 Å². The molecule has 0 atom stereocenters. The number of amides is 1. The molecular formula is C20H19N3O4S. The van der Waals surface area contributed by atoms with Gasteiger partial charge in [0.1, 0.15) is 17.2 Å². The normalized spacial score (nSPS) is 19.3. The Hall–Kier alpha value is -3.00. The Bertz CT molecular complexity index is 975. The highest BCUT2D eigenvalue weighted by Gasteiger charge is 2.36. The first-order chi connectivity index (χ1) is 13.5. The highest BCUT2D eigenvalue weighted by atomic mass is 32.1. The van der Waals surface area contributed by atoms with Crippen molar-refractivity contribution in [3.63, 3.8) is 0 Å². The van der Waals surface area contributed by atoms with Crippen molar-refractivity contribution in [2.75, 3.05) is 0 Å². The lowest BCUT2D eigenvalue weighted by Crippen LogP contribution is -2.41. The number of hydrogen-bond acceptors (Lipinski definition) is 5. The minimum absolute atomic E-state index is 0.0317. The molecule has 4 rings (SSSR count). The van der Waals surface area contributed by atoms with Crippen LogP contribution in [0.5, 0.6) is 0 Å². The number of thiocarbonyl (C=S) groups is 1. The first-order valence-electron chi connectivity index (χ1n) is 9.24. The van der Waals surface area contributed by atoms with Crippen LogP contribution >= 0.6 is 12.2 Å². The highest BCUT2D eigenvalue weighted by molar-refractivity contribution is 7.80. The molecule has 0 spiro atoms. The van der Waals surface area contributed by atoms with E-state index in [2.05, 4.69) is 5.32 Å². The summed E-state index contributed by atoms with van der Waals surface area (Å²) in [5, 5.41) is 14.6. The van der Waals surface area contributed by atoms with Gasteiger partial charge in [-0.1, -0.05) is 31.4 Å². The molecule has 1 saturated heterocycles. The SMILES string of the molecule is O=C1/C(=C/c2ccc(-c3ccccc3[N+](=O)[O-])o2)NC(=S)N1C1CCCCC1. The lowest BCUT2D eigenvalue weighted by atomic mass is 9.94. The predicted octanol–water partition coefficient (Wildman–Crippen LogP) is 4.25. The van der Waals surface area contributed by atoms with Gasteiger partial charge in [0.2, 0.25) is 0 Å². The van der Waals surface area contributed by atoms with Crippen LogP contribution in [0.15, 0.2) is 46.5 Å². The fourth-order valence-electron chi connectivity index (χ4n) is 3.78. The molecular weight excluding hydrogens is 378 g/mol. The molecule has 2 heterocycles. The standard InChI is InChI=1S/C20H19N3O4S/c24-19-16(21-20(28)22(19)13-6-2-1-3-7-13)12-14-10-11-18(27-14)15-8-4-5-9-17(15)23(25)26/h4-5,8-13H,1-3,6-7H2,(H,21,28)/b16-12-. The van der Waals surface area contributed by atoms with Crippen molar-refractivity contribution in [1.29, 1.82) is 0 Å².